The van der Waals surface area contributed by atoms with Gasteiger partial charge in [0.05, 0.1) is 18.2 Å². The van der Waals surface area contributed by atoms with E-state index in [2.05, 4.69) is 20.4 Å². The van der Waals surface area contributed by atoms with E-state index in [9.17, 15) is 13.2 Å². The Morgan fingerprint density at radius 1 is 1.19 bits per heavy atom. The minimum absolute atomic E-state index is 0. The van der Waals surface area contributed by atoms with Crippen LogP contribution in [0.1, 0.15) is 23.6 Å². The molecule has 1 aliphatic heterocycles. The van der Waals surface area contributed by atoms with Gasteiger partial charge in [-0.2, -0.15) is 14.0 Å². The van der Waals surface area contributed by atoms with Crippen molar-refractivity contribution in [1.82, 2.24) is 10.6 Å². The molecule has 2 aromatic carbocycles. The molecule has 7 nitrogen and oxygen atoms in total. The number of nitriles is 1. The molecule has 31 heavy (non-hydrogen) atoms. The van der Waals surface area contributed by atoms with Crippen molar-refractivity contribution in [3.63, 3.8) is 0 Å². The highest BCUT2D eigenvalue weighted by Gasteiger charge is 2.20. The molecule has 0 saturated carbocycles. The Bertz CT molecular complexity index is 983. The number of hydrogen-bond donors (Lipinski definition) is 2. The van der Waals surface area contributed by atoms with Crippen molar-refractivity contribution in [2.75, 3.05) is 13.3 Å². The van der Waals surface area contributed by atoms with E-state index in [0.717, 1.165) is 6.07 Å². The summed E-state index contributed by atoms with van der Waals surface area (Å²) in [4.78, 5) is 4.35. The maximum Gasteiger partial charge on any atom is 0.387 e. The predicted octanol–water partition coefficient (Wildman–Crippen LogP) is 3.90. The van der Waals surface area contributed by atoms with Crippen molar-refractivity contribution >= 4 is 29.9 Å². The van der Waals surface area contributed by atoms with Crippen LogP contribution in [0.3, 0.4) is 0 Å². The van der Waals surface area contributed by atoms with Gasteiger partial charge in [0.1, 0.15) is 11.6 Å². The lowest BCUT2D eigenvalue weighted by Gasteiger charge is -2.14. The third-order valence-corrected chi connectivity index (χ3v) is 4.15. The summed E-state index contributed by atoms with van der Waals surface area (Å²) in [6, 6.07) is 8.93. The molecule has 0 aromatic heterocycles. The number of rotatable bonds is 7. The summed E-state index contributed by atoms with van der Waals surface area (Å²) in [5.74, 6) is 0.508. The lowest BCUT2D eigenvalue weighted by Crippen LogP contribution is -2.37. The van der Waals surface area contributed by atoms with E-state index in [-0.39, 0.29) is 55.2 Å². The lowest BCUT2D eigenvalue weighted by molar-refractivity contribution is -0.0505. The van der Waals surface area contributed by atoms with Crippen molar-refractivity contribution in [2.45, 2.75) is 26.6 Å². The van der Waals surface area contributed by atoms with Crippen LogP contribution in [0, 0.1) is 17.1 Å². The van der Waals surface area contributed by atoms with Gasteiger partial charge in [0.2, 0.25) is 6.79 Å². The second kappa shape index (κ2) is 11.5. The number of alkyl halides is 2. The zero-order chi connectivity index (χ0) is 21.5. The molecule has 11 heteroatoms. The minimum Gasteiger partial charge on any atom is -0.454 e. The number of fused-ring (bicyclic) bond motifs is 1. The molecule has 0 atom stereocenters. The zero-order valence-corrected chi connectivity index (χ0v) is 18.8. The number of guanidine groups is 1. The number of nitrogens with zero attached hydrogens (tertiary/aromatic N) is 2. The minimum atomic E-state index is -3.00. The summed E-state index contributed by atoms with van der Waals surface area (Å²) in [7, 11) is 0. The molecule has 0 bridgehead atoms. The smallest absolute Gasteiger partial charge is 0.387 e. The molecule has 0 spiro atoms. The second-order valence-electron chi connectivity index (χ2n) is 6.16. The molecule has 0 saturated heterocycles. The van der Waals surface area contributed by atoms with E-state index in [4.69, 9.17) is 14.7 Å². The monoisotopic (exact) mass is 548 g/mol. The van der Waals surface area contributed by atoms with Gasteiger partial charge in [-0.15, -0.1) is 24.0 Å². The maximum atomic E-state index is 14.1. The summed E-state index contributed by atoms with van der Waals surface area (Å²) in [6.07, 6.45) is 0. The fourth-order valence-electron chi connectivity index (χ4n) is 2.74. The first-order valence-electron chi connectivity index (χ1n) is 9.08. The van der Waals surface area contributed by atoms with E-state index in [0.29, 0.717) is 35.1 Å². The summed E-state index contributed by atoms with van der Waals surface area (Å²) in [6.45, 7) is -0.501. The first-order chi connectivity index (χ1) is 14.5. The molecule has 1 aliphatic rings. The Balaban J connectivity index is 0.00000341. The molecule has 1 heterocycles. The van der Waals surface area contributed by atoms with Crippen LogP contribution in [0.5, 0.6) is 17.2 Å². The maximum absolute atomic E-state index is 14.1. The predicted molar refractivity (Wildman–Crippen MR) is 117 cm³/mol. The quantitative estimate of drug-likeness (QED) is 0.310. The Morgan fingerprint density at radius 3 is 2.58 bits per heavy atom. The van der Waals surface area contributed by atoms with Crippen LogP contribution in [0.15, 0.2) is 35.3 Å². The largest absolute Gasteiger partial charge is 0.454 e. The number of hydrogen-bond acceptors (Lipinski definition) is 5. The third kappa shape index (κ3) is 6.55. The summed E-state index contributed by atoms with van der Waals surface area (Å²) in [5, 5.41) is 14.8. The molecule has 0 radical (unpaired) electrons. The van der Waals surface area contributed by atoms with Gasteiger partial charge in [0, 0.05) is 30.3 Å². The van der Waals surface area contributed by atoms with Gasteiger partial charge in [0.15, 0.2) is 17.5 Å². The van der Waals surface area contributed by atoms with Crippen LogP contribution in [-0.4, -0.2) is 25.9 Å². The first kappa shape index (κ1) is 24.4. The molecule has 0 amide bonds. The van der Waals surface area contributed by atoms with E-state index in [1.54, 1.807) is 0 Å². The Hall–Kier alpha value is -2.88. The second-order valence-corrected chi connectivity index (χ2v) is 6.16. The van der Waals surface area contributed by atoms with Crippen LogP contribution in [-0.2, 0) is 13.1 Å². The molecule has 3 rings (SSSR count). The summed E-state index contributed by atoms with van der Waals surface area (Å²) >= 11 is 0. The fraction of sp³-hybridized carbons (Fsp3) is 0.300. The third-order valence-electron chi connectivity index (χ3n) is 4.15. The van der Waals surface area contributed by atoms with Gasteiger partial charge in [-0.3, -0.25) is 0 Å². The standard InChI is InChI=1S/C20H19F3N4O3.HI/c1-2-25-20(26-9-13-4-3-12(8-24)5-15(13)21)27-10-14-6-17-18(29-11-28-17)7-16(14)30-19(22)23;/h3-7,19H,2,9-11H2,1H3,(H2,25,26,27);1H. The van der Waals surface area contributed by atoms with Gasteiger partial charge in [-0.1, -0.05) is 6.07 Å². The average molecular weight is 548 g/mol. The Labute approximate surface area is 194 Å². The van der Waals surface area contributed by atoms with Crippen LogP contribution < -0.4 is 24.8 Å². The van der Waals surface area contributed by atoms with Crippen LogP contribution in [0.2, 0.25) is 0 Å². The Kier molecular flexibility index (Phi) is 9.04. The zero-order valence-electron chi connectivity index (χ0n) is 16.5. The highest BCUT2D eigenvalue weighted by Crippen LogP contribution is 2.39. The van der Waals surface area contributed by atoms with E-state index in [1.807, 2.05) is 13.0 Å². The van der Waals surface area contributed by atoms with E-state index in [1.165, 1.54) is 24.3 Å². The van der Waals surface area contributed by atoms with Crippen LogP contribution >= 0.6 is 24.0 Å². The molecule has 2 aromatic rings. The summed E-state index contributed by atoms with van der Waals surface area (Å²) in [5.41, 5.74) is 0.955. The molecule has 166 valence electrons. The number of nitrogens with one attached hydrogen (secondary N) is 2. The summed E-state index contributed by atoms with van der Waals surface area (Å²) < 4.78 is 54.6. The van der Waals surface area contributed by atoms with Gasteiger partial charge in [-0.05, 0) is 25.1 Å². The van der Waals surface area contributed by atoms with Gasteiger partial charge >= 0.3 is 6.61 Å². The molecular weight excluding hydrogens is 528 g/mol. The average Bonchev–Trinajstić information content (AvgIpc) is 3.17. The van der Waals surface area contributed by atoms with E-state index >= 15 is 0 Å². The molecule has 0 unspecified atom stereocenters. The number of ether oxygens (including phenoxy) is 3. The first-order valence-corrected chi connectivity index (χ1v) is 9.08. The molecular formula is C20H20F3IN4O3. The number of aliphatic imine (C=N–C) groups is 1. The van der Waals surface area contributed by atoms with Crippen molar-refractivity contribution in [2.24, 2.45) is 4.99 Å². The van der Waals surface area contributed by atoms with Crippen molar-refractivity contribution < 1.29 is 27.4 Å². The Morgan fingerprint density at radius 2 is 1.94 bits per heavy atom. The topological polar surface area (TPSA) is 87.9 Å². The normalized spacial score (nSPS) is 12.2. The SMILES string of the molecule is CCNC(=NCc1cc2c(cc1OC(F)F)OCO2)NCc1ccc(C#N)cc1F.I. The number of benzene rings is 2. The highest BCUT2D eigenvalue weighted by atomic mass is 127. The van der Waals surface area contributed by atoms with Gasteiger partial charge < -0.3 is 24.8 Å². The van der Waals surface area contributed by atoms with E-state index < -0.39 is 12.4 Å². The van der Waals surface area contributed by atoms with Crippen molar-refractivity contribution in [1.29, 1.82) is 5.26 Å². The van der Waals surface area contributed by atoms with Crippen LogP contribution in [0.4, 0.5) is 13.2 Å². The van der Waals surface area contributed by atoms with Gasteiger partial charge in [0.25, 0.3) is 0 Å². The van der Waals surface area contributed by atoms with Crippen molar-refractivity contribution in [3.8, 4) is 23.3 Å². The molecule has 0 fully saturated rings. The van der Waals surface area contributed by atoms with Crippen molar-refractivity contribution in [3.05, 3.63) is 52.8 Å². The highest BCUT2D eigenvalue weighted by molar-refractivity contribution is 14.0. The lowest BCUT2D eigenvalue weighted by atomic mass is 10.1. The van der Waals surface area contributed by atoms with Gasteiger partial charge in [-0.25, -0.2) is 9.38 Å². The number of halogens is 4. The molecule has 2 N–H and O–H groups in total. The fourth-order valence-corrected chi connectivity index (χ4v) is 2.74. The molecule has 0 aliphatic carbocycles. The van der Waals surface area contributed by atoms with Crippen LogP contribution in [0.25, 0.3) is 0 Å².